The van der Waals surface area contributed by atoms with E-state index in [2.05, 4.69) is 31.7 Å². The normalized spacial score (nSPS) is 11.4. The van der Waals surface area contributed by atoms with Crippen molar-refractivity contribution in [2.45, 2.75) is 13.8 Å². The molecule has 0 aliphatic carbocycles. The highest BCUT2D eigenvalue weighted by Crippen LogP contribution is 2.14. The number of anilines is 2. The van der Waals surface area contributed by atoms with E-state index < -0.39 is 6.03 Å². The van der Waals surface area contributed by atoms with Crippen LogP contribution in [0.1, 0.15) is 25.0 Å². The lowest BCUT2D eigenvalue weighted by atomic mass is 10.1. The summed E-state index contributed by atoms with van der Waals surface area (Å²) in [5.74, 6) is -0.504. The lowest BCUT2D eigenvalue weighted by Gasteiger charge is -2.10. The van der Waals surface area contributed by atoms with E-state index in [4.69, 9.17) is 22.3 Å². The molecular weight excluding hydrogens is 384 g/mol. The van der Waals surface area contributed by atoms with E-state index in [9.17, 15) is 4.79 Å². The zero-order valence-corrected chi connectivity index (χ0v) is 16.6. The zero-order chi connectivity index (χ0) is 22.1. The van der Waals surface area contributed by atoms with Gasteiger partial charge >= 0.3 is 6.03 Å². The maximum Gasteiger partial charge on any atom is 0.323 e. The summed E-state index contributed by atoms with van der Waals surface area (Å²) < 4.78 is 0. The Hall–Kier alpha value is -4.41. The fraction of sp³-hybridized carbons (Fsp3) is 0.105. The predicted octanol–water partition coefficient (Wildman–Crippen LogP) is 1.74. The fourth-order valence-corrected chi connectivity index (χ4v) is 2.33. The summed E-state index contributed by atoms with van der Waals surface area (Å²) in [6, 6.07) is 13.8. The number of rotatable bonds is 6. The Kier molecular flexibility index (Phi) is 7.46. The number of benzene rings is 2. The summed E-state index contributed by atoms with van der Waals surface area (Å²) in [6.45, 7) is 3.53. The number of hydrazone groups is 2. The van der Waals surface area contributed by atoms with Crippen LogP contribution in [0, 0.1) is 10.8 Å². The molecule has 2 amide bonds. The van der Waals surface area contributed by atoms with Gasteiger partial charge in [-0.1, -0.05) is 24.3 Å². The van der Waals surface area contributed by atoms with Gasteiger partial charge in [-0.3, -0.25) is 10.8 Å². The van der Waals surface area contributed by atoms with Gasteiger partial charge in [0, 0.05) is 11.4 Å². The maximum atomic E-state index is 12.3. The van der Waals surface area contributed by atoms with E-state index in [1.807, 2.05) is 6.07 Å². The largest absolute Gasteiger partial charge is 0.369 e. The van der Waals surface area contributed by atoms with Gasteiger partial charge in [-0.15, -0.1) is 0 Å². The quantitative estimate of drug-likeness (QED) is 0.205. The van der Waals surface area contributed by atoms with E-state index in [-0.39, 0.29) is 11.9 Å². The summed E-state index contributed by atoms with van der Waals surface area (Å²) in [5, 5.41) is 27.7. The van der Waals surface area contributed by atoms with Crippen LogP contribution in [-0.4, -0.2) is 29.4 Å². The number of carbonyl (C=O) groups excluding carboxylic acids is 1. The van der Waals surface area contributed by atoms with Crippen LogP contribution in [0.2, 0.25) is 0 Å². The number of nitrogens with one attached hydrogen (secondary N) is 6. The zero-order valence-electron chi connectivity index (χ0n) is 16.6. The maximum absolute atomic E-state index is 12.3. The Labute approximate surface area is 173 Å². The van der Waals surface area contributed by atoms with E-state index in [0.717, 1.165) is 11.1 Å². The van der Waals surface area contributed by atoms with Crippen molar-refractivity contribution in [2.24, 2.45) is 21.7 Å². The molecule has 11 heteroatoms. The summed E-state index contributed by atoms with van der Waals surface area (Å²) in [7, 11) is 0. The topological polar surface area (TPSA) is 190 Å². The third-order valence-electron chi connectivity index (χ3n) is 3.79. The molecule has 0 aliphatic rings. The molecule has 10 N–H and O–H groups in total. The van der Waals surface area contributed by atoms with Crippen LogP contribution >= 0.6 is 0 Å². The first-order chi connectivity index (χ1) is 14.2. The molecule has 0 aliphatic heterocycles. The van der Waals surface area contributed by atoms with Crippen LogP contribution in [0.25, 0.3) is 0 Å². The van der Waals surface area contributed by atoms with Crippen LogP contribution < -0.4 is 33.0 Å². The average molecular weight is 408 g/mol. The Bertz CT molecular complexity index is 995. The van der Waals surface area contributed by atoms with Crippen molar-refractivity contribution in [1.82, 2.24) is 10.9 Å². The van der Waals surface area contributed by atoms with Gasteiger partial charge in [-0.05, 0) is 49.2 Å². The first kappa shape index (κ1) is 21.9. The van der Waals surface area contributed by atoms with E-state index in [1.54, 1.807) is 56.3 Å². The monoisotopic (exact) mass is 408 g/mol. The molecule has 0 saturated carbocycles. The summed E-state index contributed by atoms with van der Waals surface area (Å²) in [5.41, 5.74) is 19.2. The Balaban J connectivity index is 2.00. The lowest BCUT2D eigenvalue weighted by molar-refractivity contribution is 0.262. The molecule has 2 rings (SSSR count). The van der Waals surface area contributed by atoms with Crippen LogP contribution in [0.15, 0.2) is 58.7 Å². The van der Waals surface area contributed by atoms with E-state index >= 15 is 0 Å². The number of hydrogen-bond donors (Lipinski definition) is 8. The van der Waals surface area contributed by atoms with Gasteiger partial charge in [-0.2, -0.15) is 10.2 Å². The summed E-state index contributed by atoms with van der Waals surface area (Å²) in [6.07, 6.45) is 0. The molecule has 0 bridgehead atoms. The molecule has 0 radical (unpaired) electrons. The van der Waals surface area contributed by atoms with Crippen molar-refractivity contribution in [3.63, 3.8) is 0 Å². The Morgan fingerprint density at radius 1 is 0.800 bits per heavy atom. The smallest absolute Gasteiger partial charge is 0.323 e. The lowest BCUT2D eigenvalue weighted by Crippen LogP contribution is -2.26. The van der Waals surface area contributed by atoms with Gasteiger partial charge in [0.25, 0.3) is 0 Å². The number of nitrogens with two attached hydrogens (primary N) is 2. The van der Waals surface area contributed by atoms with Crippen molar-refractivity contribution in [3.8, 4) is 0 Å². The van der Waals surface area contributed by atoms with E-state index in [0.29, 0.717) is 22.8 Å². The van der Waals surface area contributed by atoms with Crippen LogP contribution in [0.3, 0.4) is 0 Å². The molecule has 0 atom stereocenters. The van der Waals surface area contributed by atoms with Crippen LogP contribution in [-0.2, 0) is 0 Å². The van der Waals surface area contributed by atoms with Crippen molar-refractivity contribution in [3.05, 3.63) is 59.7 Å². The second-order valence-corrected chi connectivity index (χ2v) is 6.18. The third kappa shape index (κ3) is 6.96. The van der Waals surface area contributed by atoms with Gasteiger partial charge in [0.1, 0.15) is 0 Å². The van der Waals surface area contributed by atoms with Crippen LogP contribution in [0.5, 0.6) is 0 Å². The summed E-state index contributed by atoms with van der Waals surface area (Å²) >= 11 is 0. The van der Waals surface area contributed by atoms with Crippen molar-refractivity contribution in [2.75, 3.05) is 10.6 Å². The molecule has 0 unspecified atom stereocenters. The molecule has 2 aromatic carbocycles. The number of carbonyl (C=O) groups is 1. The summed E-state index contributed by atoms with van der Waals surface area (Å²) in [4.78, 5) is 12.3. The van der Waals surface area contributed by atoms with Crippen LogP contribution in [0.4, 0.5) is 16.2 Å². The van der Waals surface area contributed by atoms with Gasteiger partial charge < -0.3 is 22.1 Å². The third-order valence-corrected chi connectivity index (χ3v) is 3.79. The molecule has 0 saturated heterocycles. The van der Waals surface area contributed by atoms with Crippen molar-refractivity contribution >= 4 is 40.7 Å². The predicted molar refractivity (Wildman–Crippen MR) is 120 cm³/mol. The second kappa shape index (κ2) is 10.2. The highest BCUT2D eigenvalue weighted by atomic mass is 16.2. The van der Waals surface area contributed by atoms with Gasteiger partial charge in [-0.25, -0.2) is 15.6 Å². The number of guanidine groups is 2. The number of urea groups is 1. The minimum Gasteiger partial charge on any atom is -0.369 e. The molecule has 0 heterocycles. The highest BCUT2D eigenvalue weighted by Gasteiger charge is 2.06. The molecule has 0 fully saturated rings. The SMILES string of the molecule is CC(=NNC(=N)N)c1cccc(NC(=O)Nc2ccc(/C(C)=N\NC(=N)N)cc2)c1. The minimum atomic E-state index is -0.403. The molecule has 0 aromatic heterocycles. The Morgan fingerprint density at radius 3 is 1.90 bits per heavy atom. The van der Waals surface area contributed by atoms with E-state index in [1.165, 1.54) is 0 Å². The molecule has 30 heavy (non-hydrogen) atoms. The van der Waals surface area contributed by atoms with Gasteiger partial charge in [0.05, 0.1) is 11.4 Å². The minimum absolute atomic E-state index is 0.245. The number of amides is 2. The average Bonchev–Trinajstić information content (AvgIpc) is 2.70. The fourth-order valence-electron chi connectivity index (χ4n) is 2.33. The molecule has 156 valence electrons. The van der Waals surface area contributed by atoms with Crippen molar-refractivity contribution in [1.29, 1.82) is 10.8 Å². The molecule has 2 aromatic rings. The molecule has 0 spiro atoms. The van der Waals surface area contributed by atoms with Crippen molar-refractivity contribution < 1.29 is 4.79 Å². The highest BCUT2D eigenvalue weighted by molar-refractivity contribution is 6.03. The standard InChI is InChI=1S/C19H24N10O/c1-11(26-28-17(20)21)13-6-8-15(9-7-13)24-19(30)25-16-5-3-4-14(10-16)12(2)27-29-18(22)23/h3-10H,1-2H3,(H4,20,21,28)(H4,22,23,29)(H2,24,25,30)/b26-11-,27-12?. The first-order valence-corrected chi connectivity index (χ1v) is 8.82. The van der Waals surface area contributed by atoms with Gasteiger partial charge in [0.2, 0.25) is 11.9 Å². The van der Waals surface area contributed by atoms with Gasteiger partial charge in [0.15, 0.2) is 0 Å². The molecular formula is C19H24N10O. The number of hydrogen-bond acceptors (Lipinski definition) is 5. The first-order valence-electron chi connectivity index (χ1n) is 8.82. The second-order valence-electron chi connectivity index (χ2n) is 6.18. The Morgan fingerprint density at radius 2 is 1.33 bits per heavy atom. The molecule has 11 nitrogen and oxygen atoms in total. The number of nitrogens with zero attached hydrogens (tertiary/aromatic N) is 2.